The highest BCUT2D eigenvalue weighted by Crippen LogP contribution is 2.21. The maximum atomic E-state index is 14.0. The molecule has 0 spiro atoms. The summed E-state index contributed by atoms with van der Waals surface area (Å²) in [5.74, 6) is -14.8. The average Bonchev–Trinajstić information content (AvgIpc) is 3.74. The number of rotatable bonds is 32. The van der Waals surface area contributed by atoms with Gasteiger partial charge in [0.15, 0.2) is 0 Å². The van der Waals surface area contributed by atoms with Crippen LogP contribution in [-0.4, -0.2) is 153 Å². The Morgan fingerprint density at radius 3 is 1.40 bits per heavy atom. The lowest BCUT2D eigenvalue weighted by molar-refractivity contribution is -0.145. The van der Waals surface area contributed by atoms with Crippen molar-refractivity contribution in [1.82, 2.24) is 42.1 Å². The number of carbonyl (C=O) groups excluding carboxylic acids is 11. The van der Waals surface area contributed by atoms with Crippen molar-refractivity contribution in [1.29, 1.82) is 0 Å². The van der Waals surface area contributed by atoms with Crippen LogP contribution in [0.15, 0.2) is 0 Å². The van der Waals surface area contributed by atoms with E-state index >= 15 is 0 Å². The molecule has 0 aromatic heterocycles. The topological polar surface area (TPSA) is 454 Å². The molecule has 406 valence electrons. The highest BCUT2D eigenvalue weighted by atomic mass is 16.4. The summed E-state index contributed by atoms with van der Waals surface area (Å²) in [6, 6.07) is -13.3. The fourth-order valence-corrected chi connectivity index (χ4v) is 7.68. The Balaban J connectivity index is 3.44. The summed E-state index contributed by atoms with van der Waals surface area (Å²) >= 11 is 0. The molecule has 0 saturated carbocycles. The first-order chi connectivity index (χ1) is 33.3. The smallest absolute Gasteiger partial charge is 0.326 e. The van der Waals surface area contributed by atoms with E-state index in [9.17, 15) is 72.5 Å². The Kier molecular flexibility index (Phi) is 26.3. The van der Waals surface area contributed by atoms with Crippen molar-refractivity contribution in [2.24, 2.45) is 46.6 Å². The number of nitrogens with zero attached hydrogens (tertiary/aromatic N) is 1. The molecule has 72 heavy (non-hydrogen) atoms. The number of carboxylic acid groups (broad SMARTS) is 2. The molecule has 1 aliphatic heterocycles. The Morgan fingerprint density at radius 1 is 0.514 bits per heavy atom. The fraction of sp³-hybridized carbons (Fsp3) is 0.711. The molecule has 17 N–H and O–H groups in total. The van der Waals surface area contributed by atoms with E-state index in [0.717, 1.165) is 4.90 Å². The van der Waals surface area contributed by atoms with Gasteiger partial charge >= 0.3 is 11.9 Å². The Labute approximate surface area is 417 Å². The van der Waals surface area contributed by atoms with Gasteiger partial charge in [-0.15, -0.1) is 0 Å². The summed E-state index contributed by atoms with van der Waals surface area (Å²) in [7, 11) is 0. The number of hydrogen-bond acceptors (Lipinski definition) is 14. The summed E-state index contributed by atoms with van der Waals surface area (Å²) in [6.45, 7) is 13.7. The highest BCUT2D eigenvalue weighted by Gasteiger charge is 2.41. The van der Waals surface area contributed by atoms with Crippen molar-refractivity contribution < 1.29 is 72.5 Å². The molecule has 0 radical (unpaired) electrons. The van der Waals surface area contributed by atoms with Gasteiger partial charge in [0.2, 0.25) is 65.0 Å². The molecule has 0 aliphatic carbocycles. The number of aliphatic carboxylic acids is 2. The van der Waals surface area contributed by atoms with Gasteiger partial charge in [0.1, 0.15) is 48.3 Å². The maximum Gasteiger partial charge on any atom is 0.326 e. The van der Waals surface area contributed by atoms with Crippen LogP contribution in [0.3, 0.4) is 0 Å². The molecule has 1 aliphatic rings. The lowest BCUT2D eigenvalue weighted by Crippen LogP contribution is -2.61. The van der Waals surface area contributed by atoms with Gasteiger partial charge in [-0.25, -0.2) is 4.79 Å². The zero-order chi connectivity index (χ0) is 55.3. The number of nitrogens with one attached hydrogen (secondary N) is 7. The van der Waals surface area contributed by atoms with E-state index in [4.69, 9.17) is 22.9 Å². The van der Waals surface area contributed by atoms with Crippen LogP contribution < -0.4 is 60.2 Å². The normalized spacial score (nSPS) is 16.7. The molecule has 0 aromatic carbocycles. The number of carboxylic acids is 2. The van der Waals surface area contributed by atoms with Gasteiger partial charge in [-0.05, 0) is 62.2 Å². The van der Waals surface area contributed by atoms with E-state index in [0.29, 0.717) is 6.42 Å². The molecule has 27 nitrogen and oxygen atoms in total. The molecule has 0 bridgehead atoms. The number of nitrogens with two attached hydrogens (primary N) is 4. The van der Waals surface area contributed by atoms with Gasteiger partial charge in [-0.3, -0.25) is 57.5 Å². The molecule has 1 heterocycles. The van der Waals surface area contributed by atoms with Crippen molar-refractivity contribution in [3.05, 3.63) is 0 Å². The third kappa shape index (κ3) is 22.4. The van der Waals surface area contributed by atoms with Crippen molar-refractivity contribution >= 4 is 76.9 Å². The Hall–Kier alpha value is -6.93. The lowest BCUT2D eigenvalue weighted by atomic mass is 9.99. The summed E-state index contributed by atoms with van der Waals surface area (Å²) in [6.07, 6.45) is -3.14. The number of primary amides is 3. The minimum absolute atomic E-state index is 0.0230. The minimum Gasteiger partial charge on any atom is -0.481 e. The van der Waals surface area contributed by atoms with E-state index in [2.05, 4.69) is 37.2 Å². The Morgan fingerprint density at radius 2 is 0.958 bits per heavy atom. The fourth-order valence-electron chi connectivity index (χ4n) is 7.68. The number of hydrogen-bond donors (Lipinski definition) is 13. The van der Waals surface area contributed by atoms with Crippen LogP contribution in [0.1, 0.15) is 120 Å². The number of carbonyl (C=O) groups is 13. The molecule has 1 rings (SSSR count). The van der Waals surface area contributed by atoms with Crippen LogP contribution in [0.2, 0.25) is 0 Å². The van der Waals surface area contributed by atoms with E-state index in [1.165, 1.54) is 0 Å². The van der Waals surface area contributed by atoms with Gasteiger partial charge in [-0.2, -0.15) is 0 Å². The van der Waals surface area contributed by atoms with Crippen molar-refractivity contribution in [2.75, 3.05) is 6.54 Å². The molecule has 1 fully saturated rings. The van der Waals surface area contributed by atoms with Crippen LogP contribution in [0.5, 0.6) is 0 Å². The van der Waals surface area contributed by atoms with E-state index in [1.807, 2.05) is 13.8 Å². The van der Waals surface area contributed by atoms with E-state index < -0.39 is 169 Å². The second-order valence-corrected chi connectivity index (χ2v) is 19.6. The highest BCUT2D eigenvalue weighted by molar-refractivity contribution is 6.00. The monoisotopic (exact) mass is 1020 g/mol. The first-order valence-electron chi connectivity index (χ1n) is 23.8. The van der Waals surface area contributed by atoms with E-state index in [1.54, 1.807) is 41.5 Å². The first kappa shape index (κ1) is 63.1. The van der Waals surface area contributed by atoms with Gasteiger partial charge in [-0.1, -0.05) is 55.4 Å². The average molecular weight is 1030 g/mol. The zero-order valence-corrected chi connectivity index (χ0v) is 42.2. The number of likely N-dealkylation sites (tertiary alicyclic amines) is 1. The third-order valence-corrected chi connectivity index (χ3v) is 11.2. The van der Waals surface area contributed by atoms with E-state index in [-0.39, 0.29) is 50.0 Å². The predicted octanol–water partition coefficient (Wildman–Crippen LogP) is -3.93. The second kappa shape index (κ2) is 30.1. The minimum atomic E-state index is -1.93. The predicted molar refractivity (Wildman–Crippen MR) is 255 cm³/mol. The quantitative estimate of drug-likeness (QED) is 0.0306. The van der Waals surface area contributed by atoms with Gasteiger partial charge in [0.25, 0.3) is 0 Å². The molecular formula is C45H76N12O15. The molecule has 11 amide bonds. The van der Waals surface area contributed by atoms with Crippen LogP contribution in [0, 0.1) is 23.7 Å². The molecule has 0 aromatic rings. The molecule has 27 heteroatoms. The lowest BCUT2D eigenvalue weighted by Gasteiger charge is -2.31. The van der Waals surface area contributed by atoms with Crippen molar-refractivity contribution in [2.45, 2.75) is 174 Å². The SMILES string of the molecule is CC(C)C[C@H](NC(=O)[C@H](CC(C)C)NC(=O)[C@H](CCC(N)=O)NC(=O)[C@H](CC(=O)O)NC(=O)[C@@H]1CCCN1C(=O)[C@H](CC(N)=O)NC(=O)[C@@H](NC(=O)[C@@H](N)CC(C)C)C(C)C)C(=O)N[C@@H](CC(N)=O)C(=O)O. The summed E-state index contributed by atoms with van der Waals surface area (Å²) in [4.78, 5) is 170. The first-order valence-corrected chi connectivity index (χ1v) is 23.8. The van der Waals surface area contributed by atoms with Crippen LogP contribution in [0.25, 0.3) is 0 Å². The molecule has 9 atom stereocenters. The number of amides is 11. The van der Waals surface area contributed by atoms with Crippen LogP contribution >= 0.6 is 0 Å². The second-order valence-electron chi connectivity index (χ2n) is 19.6. The summed E-state index contributed by atoms with van der Waals surface area (Å²) in [5.41, 5.74) is 21.9. The summed E-state index contributed by atoms with van der Waals surface area (Å²) < 4.78 is 0. The van der Waals surface area contributed by atoms with Crippen molar-refractivity contribution in [3.8, 4) is 0 Å². The molecule has 1 saturated heterocycles. The van der Waals surface area contributed by atoms with Crippen molar-refractivity contribution in [3.63, 3.8) is 0 Å². The maximum absolute atomic E-state index is 14.0. The summed E-state index contributed by atoms with van der Waals surface area (Å²) in [5, 5.41) is 36.1. The van der Waals surface area contributed by atoms with Crippen LogP contribution in [-0.2, 0) is 62.3 Å². The zero-order valence-electron chi connectivity index (χ0n) is 42.2. The standard InChI is InChI=1S/C45H76N12O15/c1-20(2)14-24(46)37(63)56-36(23(7)8)43(69)54-29(17-33(48)59)44(70)57-13-9-10-31(57)42(68)53-28(19-35(61)62)41(67)50-25(11-12-32(47)58)38(64)51-26(15-21(3)4)39(65)52-27(16-22(5)6)40(66)55-30(45(71)72)18-34(49)60/h20-31,36H,9-19,46H2,1-8H3,(H2,47,58)(H2,48,59)(H2,49,60)(H,50,67)(H,51,64)(H,52,65)(H,53,68)(H,54,69)(H,55,66)(H,56,63)(H,61,62)(H,71,72)/t24-,25-,26-,27-,28-,29-,30-,31-,36-/m0/s1. The molecular weight excluding hydrogens is 949 g/mol. The third-order valence-electron chi connectivity index (χ3n) is 11.2. The van der Waals surface area contributed by atoms with Crippen LogP contribution in [0.4, 0.5) is 0 Å². The van der Waals surface area contributed by atoms with Gasteiger partial charge in [0.05, 0.1) is 25.3 Å². The molecule has 0 unspecified atom stereocenters. The van der Waals surface area contributed by atoms with Gasteiger partial charge < -0.3 is 75.3 Å². The largest absolute Gasteiger partial charge is 0.481 e. The van der Waals surface area contributed by atoms with Gasteiger partial charge in [0, 0.05) is 13.0 Å². The Bertz CT molecular complexity index is 2000.